The van der Waals surface area contributed by atoms with Gasteiger partial charge in [-0.3, -0.25) is 9.97 Å². The zero-order valence-corrected chi connectivity index (χ0v) is 16.7. The number of pyridine rings is 2. The van der Waals surface area contributed by atoms with Crippen LogP contribution in [0.3, 0.4) is 0 Å². The summed E-state index contributed by atoms with van der Waals surface area (Å²) in [5.41, 5.74) is 2.77. The van der Waals surface area contributed by atoms with E-state index >= 15 is 0 Å². The van der Waals surface area contributed by atoms with Gasteiger partial charge in [-0.25, -0.2) is 4.39 Å². The highest BCUT2D eigenvalue weighted by atomic mass is 127. The van der Waals surface area contributed by atoms with Gasteiger partial charge in [-0.05, 0) is 35.0 Å². The molecule has 0 saturated heterocycles. The van der Waals surface area contributed by atoms with Crippen LogP contribution in [-0.2, 0) is 4.43 Å². The maximum atomic E-state index is 14.1. The molecule has 0 radical (unpaired) electrons. The van der Waals surface area contributed by atoms with E-state index in [9.17, 15) is 9.30 Å². The maximum Gasteiger partial charge on any atom is 0.167 e. The van der Waals surface area contributed by atoms with E-state index in [1.54, 1.807) is 12.3 Å². The fourth-order valence-electron chi connectivity index (χ4n) is 2.52. The molecule has 8 heteroatoms. The molecule has 0 aliphatic rings. The first kappa shape index (κ1) is 17.9. The maximum absolute atomic E-state index is 14.1. The second-order valence-corrected chi connectivity index (χ2v) is 7.44. The third-order valence-electron chi connectivity index (χ3n) is 3.85. The van der Waals surface area contributed by atoms with Crippen LogP contribution >= 0.6 is 33.9 Å². The molecule has 3 aromatic heterocycles. The number of nitrogens with zero attached hydrogens (tertiary/aromatic N) is 3. The van der Waals surface area contributed by atoms with Crippen LogP contribution in [0, 0.1) is 10.7 Å². The van der Waals surface area contributed by atoms with Crippen LogP contribution in [0.4, 0.5) is 10.1 Å². The van der Waals surface area contributed by atoms with Crippen LogP contribution < -0.4 is 4.74 Å². The van der Waals surface area contributed by atoms with Gasteiger partial charge in [0.2, 0.25) is 0 Å². The SMILES string of the molecule is O=Nc1ccc(Oc2ccnc3cc(-c4ccc(CI)cn4)sc23)c(F)c1. The minimum absolute atomic E-state index is 0.0131. The van der Waals surface area contributed by atoms with Crippen molar-refractivity contribution in [1.29, 1.82) is 0 Å². The van der Waals surface area contributed by atoms with E-state index in [1.807, 2.05) is 24.4 Å². The summed E-state index contributed by atoms with van der Waals surface area (Å²) >= 11 is 3.78. The molecule has 1 aromatic carbocycles. The predicted molar refractivity (Wildman–Crippen MR) is 113 cm³/mol. The first-order valence-electron chi connectivity index (χ1n) is 7.88. The number of hydrogen-bond acceptors (Lipinski definition) is 6. The summed E-state index contributed by atoms with van der Waals surface area (Å²) in [5.74, 6) is -0.134. The van der Waals surface area contributed by atoms with Gasteiger partial charge in [-0.15, -0.1) is 16.2 Å². The van der Waals surface area contributed by atoms with Gasteiger partial charge in [-0.2, -0.15) is 0 Å². The normalized spacial score (nSPS) is 10.9. The van der Waals surface area contributed by atoms with E-state index < -0.39 is 5.82 Å². The van der Waals surface area contributed by atoms with Crippen molar-refractivity contribution in [3.8, 4) is 22.1 Å². The van der Waals surface area contributed by atoms with Crippen molar-refractivity contribution in [2.75, 3.05) is 0 Å². The Morgan fingerprint density at radius 3 is 2.70 bits per heavy atom. The number of benzene rings is 1. The molecule has 4 rings (SSSR count). The summed E-state index contributed by atoms with van der Waals surface area (Å²) < 4.78 is 21.6. The van der Waals surface area contributed by atoms with Crippen LogP contribution in [0.15, 0.2) is 60.0 Å². The third-order valence-corrected chi connectivity index (χ3v) is 5.89. The minimum Gasteiger partial charge on any atom is -0.453 e. The van der Waals surface area contributed by atoms with E-state index in [0.29, 0.717) is 5.75 Å². The molecule has 0 aliphatic carbocycles. The fourth-order valence-corrected chi connectivity index (χ4v) is 4.01. The lowest BCUT2D eigenvalue weighted by atomic mass is 10.2. The molecule has 0 amide bonds. The lowest BCUT2D eigenvalue weighted by molar-refractivity contribution is 0.447. The number of hydrogen-bond donors (Lipinski definition) is 0. The zero-order chi connectivity index (χ0) is 18.8. The molecule has 0 atom stereocenters. The second-order valence-electron chi connectivity index (χ2n) is 5.63. The van der Waals surface area contributed by atoms with Crippen LogP contribution in [-0.4, -0.2) is 9.97 Å². The summed E-state index contributed by atoms with van der Waals surface area (Å²) in [6.07, 6.45) is 3.47. The van der Waals surface area contributed by atoms with Gasteiger partial charge >= 0.3 is 0 Å². The Morgan fingerprint density at radius 2 is 2.00 bits per heavy atom. The average molecular weight is 491 g/mol. The molecular weight excluding hydrogens is 480 g/mol. The molecule has 27 heavy (non-hydrogen) atoms. The lowest BCUT2D eigenvalue weighted by Crippen LogP contribution is -1.88. The highest BCUT2D eigenvalue weighted by Gasteiger charge is 2.13. The Kier molecular flexibility index (Phi) is 5.08. The smallest absolute Gasteiger partial charge is 0.167 e. The Hall–Kier alpha value is -2.46. The number of fused-ring (bicyclic) bond motifs is 1. The Labute approximate surface area is 171 Å². The summed E-state index contributed by atoms with van der Waals surface area (Å²) in [4.78, 5) is 20.3. The summed E-state index contributed by atoms with van der Waals surface area (Å²) in [5, 5.41) is 2.72. The molecule has 0 fully saturated rings. The van der Waals surface area contributed by atoms with Gasteiger partial charge in [0, 0.05) is 29.0 Å². The number of alkyl halides is 1. The van der Waals surface area contributed by atoms with Crippen molar-refractivity contribution >= 4 is 49.8 Å². The van der Waals surface area contributed by atoms with E-state index in [-0.39, 0.29) is 11.4 Å². The molecule has 134 valence electrons. The number of nitroso groups, excluding NO2 is 1. The van der Waals surface area contributed by atoms with Crippen molar-refractivity contribution in [3.05, 3.63) is 71.1 Å². The number of rotatable bonds is 5. The molecule has 0 N–H and O–H groups in total. The van der Waals surface area contributed by atoms with E-state index in [2.05, 4.69) is 37.7 Å². The fraction of sp³-hybridized carbons (Fsp3) is 0.0526. The van der Waals surface area contributed by atoms with Crippen LogP contribution in [0.2, 0.25) is 0 Å². The largest absolute Gasteiger partial charge is 0.453 e. The Bertz CT molecular complexity index is 1130. The Morgan fingerprint density at radius 1 is 1.11 bits per heavy atom. The average Bonchev–Trinajstić information content (AvgIpc) is 3.15. The molecular formula is C19H11FIN3O2S. The zero-order valence-electron chi connectivity index (χ0n) is 13.7. The van der Waals surface area contributed by atoms with Crippen LogP contribution in [0.5, 0.6) is 11.5 Å². The van der Waals surface area contributed by atoms with E-state index in [4.69, 9.17) is 4.74 Å². The quantitative estimate of drug-likeness (QED) is 0.179. The molecule has 5 nitrogen and oxygen atoms in total. The summed E-state index contributed by atoms with van der Waals surface area (Å²) in [7, 11) is 0. The highest BCUT2D eigenvalue weighted by Crippen LogP contribution is 2.39. The number of ether oxygens (including phenoxy) is 1. The second kappa shape index (κ2) is 7.65. The minimum atomic E-state index is -0.648. The molecule has 4 aromatic rings. The van der Waals surface area contributed by atoms with Crippen molar-refractivity contribution in [1.82, 2.24) is 9.97 Å². The van der Waals surface area contributed by atoms with Crippen molar-refractivity contribution in [2.45, 2.75) is 4.43 Å². The number of thiophene rings is 1. The molecule has 0 spiro atoms. The van der Waals surface area contributed by atoms with Crippen molar-refractivity contribution < 1.29 is 9.13 Å². The topological polar surface area (TPSA) is 64.4 Å². The van der Waals surface area contributed by atoms with Gasteiger partial charge in [0.25, 0.3) is 0 Å². The molecule has 0 unspecified atom stereocenters. The van der Waals surface area contributed by atoms with Gasteiger partial charge < -0.3 is 4.74 Å². The summed E-state index contributed by atoms with van der Waals surface area (Å²) in [6.45, 7) is 0. The van der Waals surface area contributed by atoms with Crippen molar-refractivity contribution in [2.24, 2.45) is 5.18 Å². The van der Waals surface area contributed by atoms with Crippen molar-refractivity contribution in [3.63, 3.8) is 0 Å². The number of halogens is 2. The number of aromatic nitrogens is 2. The Balaban J connectivity index is 1.71. The first-order chi connectivity index (χ1) is 13.2. The monoisotopic (exact) mass is 491 g/mol. The molecule has 0 aliphatic heterocycles. The lowest BCUT2D eigenvalue weighted by Gasteiger charge is -2.07. The van der Waals surface area contributed by atoms with E-state index in [0.717, 1.165) is 36.8 Å². The third kappa shape index (κ3) is 3.67. The van der Waals surface area contributed by atoms with Crippen LogP contribution in [0.1, 0.15) is 5.56 Å². The van der Waals surface area contributed by atoms with Crippen LogP contribution in [0.25, 0.3) is 20.8 Å². The van der Waals surface area contributed by atoms with Gasteiger partial charge in [-0.1, -0.05) is 28.7 Å². The predicted octanol–water partition coefficient (Wildman–Crippen LogP) is 6.62. The molecule has 0 saturated carbocycles. The summed E-state index contributed by atoms with van der Waals surface area (Å²) in [6, 6.07) is 11.5. The highest BCUT2D eigenvalue weighted by molar-refractivity contribution is 14.1. The van der Waals surface area contributed by atoms with Gasteiger partial charge in [0.1, 0.15) is 11.4 Å². The molecule has 3 heterocycles. The van der Waals surface area contributed by atoms with Gasteiger partial charge in [0.05, 0.1) is 20.8 Å². The van der Waals surface area contributed by atoms with Gasteiger partial charge in [0.15, 0.2) is 11.6 Å². The standard InChI is InChI=1S/C19H11FIN3O2S/c20-13-7-12(24-25)2-4-16(13)26-17-5-6-22-15-8-18(27-19(15)17)14-3-1-11(9-21)10-23-14/h1-8,10H,9H2. The molecule has 0 bridgehead atoms. The first-order valence-corrected chi connectivity index (χ1v) is 10.2. The van der Waals surface area contributed by atoms with E-state index in [1.165, 1.54) is 23.5 Å².